The maximum atomic E-state index is 12.6. The zero-order chi connectivity index (χ0) is 23.5. The highest BCUT2D eigenvalue weighted by Crippen LogP contribution is 2.44. The lowest BCUT2D eigenvalue weighted by atomic mass is 9.98. The smallest absolute Gasteiger partial charge is 0.407 e. The Morgan fingerprint density at radius 2 is 1.56 bits per heavy atom. The number of ether oxygens (including phenoxy) is 1. The molecular formula is C24H28N2O6. The van der Waals surface area contributed by atoms with Gasteiger partial charge in [-0.25, -0.2) is 4.79 Å². The van der Waals surface area contributed by atoms with Crippen LogP contribution < -0.4 is 10.6 Å². The van der Waals surface area contributed by atoms with Gasteiger partial charge in [-0.3, -0.25) is 9.59 Å². The molecule has 0 bridgehead atoms. The lowest BCUT2D eigenvalue weighted by Gasteiger charge is -2.31. The number of aliphatic hydroxyl groups excluding tert-OH is 1. The van der Waals surface area contributed by atoms with E-state index >= 15 is 0 Å². The lowest BCUT2D eigenvalue weighted by Crippen LogP contribution is -2.57. The first-order valence-corrected chi connectivity index (χ1v) is 10.4. The van der Waals surface area contributed by atoms with Crippen molar-refractivity contribution < 1.29 is 29.3 Å². The van der Waals surface area contributed by atoms with E-state index in [0.29, 0.717) is 0 Å². The van der Waals surface area contributed by atoms with Gasteiger partial charge < -0.3 is 25.6 Å². The third-order valence-electron chi connectivity index (χ3n) is 5.82. The number of hydrogen-bond donors (Lipinski definition) is 4. The molecule has 2 unspecified atom stereocenters. The SMILES string of the molecule is CC(O)C(C)(C)NC(=O)C(CC(=O)O)NC(=O)OCC1c2ccccc2-c2ccccc21. The maximum absolute atomic E-state index is 12.6. The molecule has 1 aliphatic carbocycles. The van der Waals surface area contributed by atoms with Crippen LogP contribution in [0.4, 0.5) is 4.79 Å². The van der Waals surface area contributed by atoms with Crippen molar-refractivity contribution in [3.63, 3.8) is 0 Å². The summed E-state index contributed by atoms with van der Waals surface area (Å²) < 4.78 is 5.41. The zero-order valence-electron chi connectivity index (χ0n) is 18.3. The number of rotatable bonds is 8. The summed E-state index contributed by atoms with van der Waals surface area (Å²) in [5.41, 5.74) is 3.25. The number of carboxylic acid groups (broad SMARTS) is 1. The highest BCUT2D eigenvalue weighted by atomic mass is 16.5. The van der Waals surface area contributed by atoms with E-state index in [-0.39, 0.29) is 12.5 Å². The molecule has 0 aromatic heterocycles. The van der Waals surface area contributed by atoms with Gasteiger partial charge in [-0.2, -0.15) is 0 Å². The molecule has 2 atom stereocenters. The fraction of sp³-hybridized carbons (Fsp3) is 0.375. The fourth-order valence-corrected chi connectivity index (χ4v) is 3.68. The summed E-state index contributed by atoms with van der Waals surface area (Å²) in [4.78, 5) is 36.2. The number of amides is 2. The van der Waals surface area contributed by atoms with Gasteiger partial charge in [0, 0.05) is 5.92 Å². The van der Waals surface area contributed by atoms with E-state index in [1.807, 2.05) is 48.5 Å². The number of nitrogens with one attached hydrogen (secondary N) is 2. The summed E-state index contributed by atoms with van der Waals surface area (Å²) in [6, 6.07) is 14.4. The van der Waals surface area contributed by atoms with Crippen molar-refractivity contribution in [1.29, 1.82) is 0 Å². The summed E-state index contributed by atoms with van der Waals surface area (Å²) in [6.07, 6.45) is -2.39. The Labute approximate surface area is 186 Å². The molecule has 0 radical (unpaired) electrons. The molecule has 2 aromatic rings. The Morgan fingerprint density at radius 1 is 1.03 bits per heavy atom. The molecule has 8 nitrogen and oxygen atoms in total. The first-order valence-electron chi connectivity index (χ1n) is 10.4. The normalized spacial score (nSPS) is 14.6. The summed E-state index contributed by atoms with van der Waals surface area (Å²) in [6.45, 7) is 4.74. The van der Waals surface area contributed by atoms with Crippen molar-refractivity contribution in [2.75, 3.05) is 6.61 Å². The van der Waals surface area contributed by atoms with Crippen LogP contribution in [0.3, 0.4) is 0 Å². The Hall–Kier alpha value is -3.39. The highest BCUT2D eigenvalue weighted by Gasteiger charge is 2.33. The number of alkyl carbamates (subject to hydrolysis) is 1. The number of fused-ring (bicyclic) bond motifs is 3. The molecule has 2 amide bonds. The number of hydrogen-bond acceptors (Lipinski definition) is 5. The monoisotopic (exact) mass is 440 g/mol. The standard InChI is InChI=1S/C24H28N2O6/c1-14(27)24(2,3)26-22(30)20(12-21(28)29)25-23(31)32-13-19-17-10-6-4-8-15(17)16-9-5-7-11-18(16)19/h4-11,14,19-20,27H,12-13H2,1-3H3,(H,25,31)(H,26,30)(H,28,29). The molecule has 3 rings (SSSR count). The van der Waals surface area contributed by atoms with E-state index in [1.165, 1.54) is 6.92 Å². The van der Waals surface area contributed by atoms with E-state index in [9.17, 15) is 19.5 Å². The first-order chi connectivity index (χ1) is 15.1. The molecule has 0 spiro atoms. The van der Waals surface area contributed by atoms with Gasteiger partial charge in [-0.15, -0.1) is 0 Å². The van der Waals surface area contributed by atoms with Crippen LogP contribution in [0.1, 0.15) is 44.2 Å². The second-order valence-corrected chi connectivity index (χ2v) is 8.51. The number of carbonyl (C=O) groups is 3. The summed E-state index contributed by atoms with van der Waals surface area (Å²) in [5, 5.41) is 23.9. The van der Waals surface area contributed by atoms with E-state index in [4.69, 9.17) is 9.84 Å². The molecule has 8 heteroatoms. The van der Waals surface area contributed by atoms with Crippen LogP contribution in [-0.4, -0.2) is 52.5 Å². The summed E-state index contributed by atoms with van der Waals surface area (Å²) in [5.74, 6) is -2.13. The van der Waals surface area contributed by atoms with Crippen molar-refractivity contribution in [1.82, 2.24) is 10.6 Å². The predicted molar refractivity (Wildman–Crippen MR) is 118 cm³/mol. The molecule has 0 aliphatic heterocycles. The van der Waals surface area contributed by atoms with Crippen LogP contribution in [0.2, 0.25) is 0 Å². The van der Waals surface area contributed by atoms with Crippen LogP contribution in [0.15, 0.2) is 48.5 Å². The molecule has 0 fully saturated rings. The average molecular weight is 440 g/mol. The van der Waals surface area contributed by atoms with E-state index in [1.54, 1.807) is 13.8 Å². The minimum atomic E-state index is -1.35. The summed E-state index contributed by atoms with van der Waals surface area (Å²) in [7, 11) is 0. The van der Waals surface area contributed by atoms with Gasteiger partial charge in [-0.05, 0) is 43.0 Å². The largest absolute Gasteiger partial charge is 0.481 e. The number of aliphatic carboxylic acids is 1. The number of carboxylic acids is 1. The van der Waals surface area contributed by atoms with Crippen molar-refractivity contribution >= 4 is 18.0 Å². The molecule has 0 heterocycles. The number of carbonyl (C=O) groups excluding carboxylic acids is 2. The van der Waals surface area contributed by atoms with Crippen LogP contribution in [0.5, 0.6) is 0 Å². The van der Waals surface area contributed by atoms with Crippen LogP contribution >= 0.6 is 0 Å². The van der Waals surface area contributed by atoms with Crippen molar-refractivity contribution in [2.45, 2.75) is 50.8 Å². The van der Waals surface area contributed by atoms with Crippen LogP contribution in [0, 0.1) is 0 Å². The van der Waals surface area contributed by atoms with Crippen LogP contribution in [0.25, 0.3) is 11.1 Å². The van der Waals surface area contributed by atoms with E-state index in [2.05, 4.69) is 10.6 Å². The molecule has 0 saturated carbocycles. The Kier molecular flexibility index (Phi) is 6.84. The maximum Gasteiger partial charge on any atom is 0.407 e. The minimum Gasteiger partial charge on any atom is -0.481 e. The number of benzene rings is 2. The number of aliphatic hydroxyl groups is 1. The van der Waals surface area contributed by atoms with Gasteiger partial charge >= 0.3 is 12.1 Å². The molecule has 1 aliphatic rings. The van der Waals surface area contributed by atoms with Crippen molar-refractivity contribution in [3.8, 4) is 11.1 Å². The Morgan fingerprint density at radius 3 is 2.06 bits per heavy atom. The van der Waals surface area contributed by atoms with Crippen LogP contribution in [-0.2, 0) is 14.3 Å². The zero-order valence-corrected chi connectivity index (χ0v) is 18.3. The third kappa shape index (κ3) is 5.08. The topological polar surface area (TPSA) is 125 Å². The molecule has 0 saturated heterocycles. The Balaban J connectivity index is 1.68. The molecule has 4 N–H and O–H groups in total. The van der Waals surface area contributed by atoms with Gasteiger partial charge in [0.15, 0.2) is 0 Å². The summed E-state index contributed by atoms with van der Waals surface area (Å²) >= 11 is 0. The minimum absolute atomic E-state index is 0.0421. The lowest BCUT2D eigenvalue weighted by molar-refractivity contribution is -0.140. The van der Waals surface area contributed by atoms with E-state index < -0.39 is 42.1 Å². The van der Waals surface area contributed by atoms with Crippen molar-refractivity contribution in [2.24, 2.45) is 0 Å². The average Bonchev–Trinajstić information content (AvgIpc) is 3.05. The van der Waals surface area contributed by atoms with Crippen molar-refractivity contribution in [3.05, 3.63) is 59.7 Å². The predicted octanol–water partition coefficient (Wildman–Crippen LogP) is 2.64. The van der Waals surface area contributed by atoms with Gasteiger partial charge in [0.25, 0.3) is 0 Å². The first kappa shape index (κ1) is 23.3. The Bertz CT molecular complexity index is 972. The molecular weight excluding hydrogens is 412 g/mol. The fourth-order valence-electron chi connectivity index (χ4n) is 3.68. The second-order valence-electron chi connectivity index (χ2n) is 8.51. The quantitative estimate of drug-likeness (QED) is 0.500. The molecule has 2 aromatic carbocycles. The molecule has 170 valence electrons. The second kappa shape index (κ2) is 9.40. The third-order valence-corrected chi connectivity index (χ3v) is 5.82. The van der Waals surface area contributed by atoms with Gasteiger partial charge in [0.2, 0.25) is 5.91 Å². The van der Waals surface area contributed by atoms with Gasteiger partial charge in [0.1, 0.15) is 12.6 Å². The van der Waals surface area contributed by atoms with Gasteiger partial charge in [-0.1, -0.05) is 48.5 Å². The highest BCUT2D eigenvalue weighted by molar-refractivity contribution is 5.89. The van der Waals surface area contributed by atoms with E-state index in [0.717, 1.165) is 22.3 Å². The van der Waals surface area contributed by atoms with Gasteiger partial charge in [0.05, 0.1) is 18.1 Å². The molecule has 32 heavy (non-hydrogen) atoms.